The van der Waals surface area contributed by atoms with Gasteiger partial charge in [0.25, 0.3) is 6.43 Å². The topological polar surface area (TPSA) is 76.3 Å². The Bertz CT molecular complexity index is 400. The lowest BCUT2D eigenvalue weighted by Gasteiger charge is -2.03. The molecule has 1 heterocycles. The Hall–Kier alpha value is -1.50. The summed E-state index contributed by atoms with van der Waals surface area (Å²) < 4.78 is 24.7. The van der Waals surface area contributed by atoms with E-state index in [0.29, 0.717) is 6.07 Å². The van der Waals surface area contributed by atoms with Crippen LogP contribution in [0.15, 0.2) is 6.07 Å². The van der Waals surface area contributed by atoms with Crippen molar-refractivity contribution in [2.45, 2.75) is 12.3 Å². The minimum Gasteiger partial charge on any atom is -0.501 e. The summed E-state index contributed by atoms with van der Waals surface area (Å²) in [4.78, 5) is 12.6. The fraction of sp³-hybridized carbons (Fsp3) is 0.286. The smallest absolute Gasteiger partial charge is 0.406 e. The fourth-order valence-electron chi connectivity index (χ4n) is 0.975. The first-order valence-electron chi connectivity index (χ1n) is 3.68. The van der Waals surface area contributed by atoms with E-state index >= 15 is 0 Å². The average Bonchev–Trinajstić information content (AvgIpc) is 2.16. The van der Waals surface area contributed by atoms with E-state index in [0.717, 1.165) is 0 Å². The Morgan fingerprint density at radius 1 is 1.67 bits per heavy atom. The van der Waals surface area contributed by atoms with Crippen LogP contribution in [0.5, 0.6) is 5.75 Å². The van der Waals surface area contributed by atoms with Crippen molar-refractivity contribution in [3.05, 3.63) is 27.4 Å². The zero-order chi connectivity index (χ0) is 11.6. The molecule has 0 aliphatic rings. The third-order valence-corrected chi connectivity index (χ3v) is 1.88. The van der Waals surface area contributed by atoms with E-state index in [1.54, 1.807) is 0 Å². The molecule has 1 rings (SSSR count). The van der Waals surface area contributed by atoms with Crippen LogP contribution in [-0.4, -0.2) is 15.0 Å². The van der Waals surface area contributed by atoms with Crippen LogP contribution in [0.4, 0.5) is 14.6 Å². The van der Waals surface area contributed by atoms with Gasteiger partial charge in [0.15, 0.2) is 5.69 Å². The molecule has 15 heavy (non-hydrogen) atoms. The Labute approximate surface area is 87.5 Å². The van der Waals surface area contributed by atoms with Crippen LogP contribution in [-0.2, 0) is 5.88 Å². The van der Waals surface area contributed by atoms with E-state index < -0.39 is 28.5 Å². The van der Waals surface area contributed by atoms with E-state index in [2.05, 4.69) is 4.98 Å². The van der Waals surface area contributed by atoms with Gasteiger partial charge in [0.1, 0.15) is 0 Å². The molecule has 1 aromatic heterocycles. The Morgan fingerprint density at radius 2 is 2.27 bits per heavy atom. The minimum atomic E-state index is -2.89. The van der Waals surface area contributed by atoms with Crippen molar-refractivity contribution in [3.8, 4) is 5.75 Å². The van der Waals surface area contributed by atoms with Crippen LogP contribution >= 0.6 is 11.6 Å². The maximum Gasteiger partial charge on any atom is 0.406 e. The molecule has 1 aromatic rings. The van der Waals surface area contributed by atoms with Crippen molar-refractivity contribution in [3.63, 3.8) is 0 Å². The van der Waals surface area contributed by atoms with Gasteiger partial charge in [0, 0.05) is 6.07 Å². The summed E-state index contributed by atoms with van der Waals surface area (Å²) in [6.45, 7) is 0. The number of rotatable bonds is 3. The van der Waals surface area contributed by atoms with Gasteiger partial charge in [-0.15, -0.1) is 11.6 Å². The molecule has 0 bridgehead atoms. The second kappa shape index (κ2) is 4.35. The van der Waals surface area contributed by atoms with E-state index in [1.807, 2.05) is 0 Å². The first-order valence-corrected chi connectivity index (χ1v) is 4.22. The van der Waals surface area contributed by atoms with Gasteiger partial charge in [0.2, 0.25) is 5.75 Å². The molecule has 0 aromatic carbocycles. The van der Waals surface area contributed by atoms with Gasteiger partial charge in [-0.1, -0.05) is 0 Å². The summed E-state index contributed by atoms with van der Waals surface area (Å²) in [5.74, 6) is -2.17. The van der Waals surface area contributed by atoms with Crippen molar-refractivity contribution in [2.75, 3.05) is 0 Å². The molecular formula is C7H5ClF2N2O3. The van der Waals surface area contributed by atoms with Crippen LogP contribution in [0.3, 0.4) is 0 Å². The highest BCUT2D eigenvalue weighted by atomic mass is 35.5. The number of aromatic nitrogens is 1. The zero-order valence-corrected chi connectivity index (χ0v) is 7.91. The number of halogens is 3. The van der Waals surface area contributed by atoms with Crippen LogP contribution in [0.25, 0.3) is 0 Å². The van der Waals surface area contributed by atoms with Crippen molar-refractivity contribution in [2.24, 2.45) is 0 Å². The first kappa shape index (κ1) is 11.6. The van der Waals surface area contributed by atoms with Crippen molar-refractivity contribution < 1.29 is 18.8 Å². The molecule has 0 unspecified atom stereocenters. The number of pyridine rings is 1. The van der Waals surface area contributed by atoms with Gasteiger partial charge in [0.05, 0.1) is 11.4 Å². The summed E-state index contributed by atoms with van der Waals surface area (Å²) in [6.07, 6.45) is -2.89. The summed E-state index contributed by atoms with van der Waals surface area (Å²) in [5, 5.41) is 19.4. The van der Waals surface area contributed by atoms with Crippen LogP contribution in [0.2, 0.25) is 0 Å². The summed E-state index contributed by atoms with van der Waals surface area (Å²) in [5.41, 5.74) is -0.913. The van der Waals surface area contributed by atoms with Crippen molar-refractivity contribution in [1.29, 1.82) is 0 Å². The van der Waals surface area contributed by atoms with Crippen LogP contribution in [0, 0.1) is 10.1 Å². The maximum absolute atomic E-state index is 12.3. The molecule has 0 saturated carbocycles. The average molecular weight is 239 g/mol. The van der Waals surface area contributed by atoms with Crippen LogP contribution in [0.1, 0.15) is 17.7 Å². The lowest BCUT2D eigenvalue weighted by molar-refractivity contribution is -0.390. The molecule has 5 nitrogen and oxygen atoms in total. The molecule has 0 aliphatic carbocycles. The predicted molar refractivity (Wildman–Crippen MR) is 47.1 cm³/mol. The van der Waals surface area contributed by atoms with Gasteiger partial charge < -0.3 is 15.2 Å². The van der Waals surface area contributed by atoms with E-state index in [-0.39, 0.29) is 11.6 Å². The molecular weight excluding hydrogens is 234 g/mol. The highest BCUT2D eigenvalue weighted by Gasteiger charge is 2.25. The second-order valence-electron chi connectivity index (χ2n) is 2.56. The molecule has 0 amide bonds. The number of hydrogen-bond acceptors (Lipinski definition) is 4. The predicted octanol–water partition coefficient (Wildman–Crippen LogP) is 2.37. The molecule has 0 saturated heterocycles. The third-order valence-electron chi connectivity index (χ3n) is 1.63. The lowest BCUT2D eigenvalue weighted by Crippen LogP contribution is -2.01. The number of hydrogen-bond donors (Lipinski definition) is 1. The van der Waals surface area contributed by atoms with Crippen molar-refractivity contribution >= 4 is 17.4 Å². The largest absolute Gasteiger partial charge is 0.501 e. The highest BCUT2D eigenvalue weighted by Crippen LogP contribution is 2.31. The molecule has 0 atom stereocenters. The molecule has 0 spiro atoms. The Morgan fingerprint density at radius 3 is 2.67 bits per heavy atom. The molecule has 82 valence electrons. The lowest BCUT2D eigenvalue weighted by atomic mass is 10.2. The second-order valence-corrected chi connectivity index (χ2v) is 2.83. The SMILES string of the molecule is O=[N+]([O-])c1nc(CCl)c(C(F)F)cc1O. The minimum absolute atomic E-state index is 0.309. The molecule has 0 fully saturated rings. The maximum atomic E-state index is 12.3. The zero-order valence-electron chi connectivity index (χ0n) is 7.15. The number of alkyl halides is 3. The summed E-state index contributed by atoms with van der Waals surface area (Å²) in [7, 11) is 0. The van der Waals surface area contributed by atoms with E-state index in [1.165, 1.54) is 0 Å². The fourth-order valence-corrected chi connectivity index (χ4v) is 1.19. The number of nitrogens with zero attached hydrogens (tertiary/aromatic N) is 2. The Kier molecular flexibility index (Phi) is 3.35. The van der Waals surface area contributed by atoms with E-state index in [4.69, 9.17) is 16.7 Å². The standard InChI is InChI=1S/C7H5ClF2N2O3/c8-2-4-3(6(9)10)1-5(13)7(11-4)12(14)15/h1,6,13H,2H2. The van der Waals surface area contributed by atoms with Crippen LogP contribution < -0.4 is 0 Å². The number of nitro groups is 1. The normalized spacial score (nSPS) is 10.7. The van der Waals surface area contributed by atoms with Gasteiger partial charge in [-0.25, -0.2) is 8.78 Å². The first-order chi connectivity index (χ1) is 6.97. The van der Waals surface area contributed by atoms with Gasteiger partial charge in [-0.2, -0.15) is 0 Å². The third kappa shape index (κ3) is 2.30. The molecule has 0 radical (unpaired) electrons. The highest BCUT2D eigenvalue weighted by molar-refractivity contribution is 6.17. The molecule has 0 aliphatic heterocycles. The monoisotopic (exact) mass is 238 g/mol. The Balaban J connectivity index is 3.35. The van der Waals surface area contributed by atoms with E-state index in [9.17, 15) is 18.9 Å². The molecule has 8 heteroatoms. The number of aromatic hydroxyl groups is 1. The van der Waals surface area contributed by atoms with Crippen molar-refractivity contribution in [1.82, 2.24) is 4.98 Å². The van der Waals surface area contributed by atoms with Gasteiger partial charge >= 0.3 is 5.82 Å². The summed E-state index contributed by atoms with van der Waals surface area (Å²) >= 11 is 5.31. The van der Waals surface area contributed by atoms with Gasteiger partial charge in [-0.3, -0.25) is 0 Å². The van der Waals surface area contributed by atoms with Gasteiger partial charge in [-0.05, 0) is 9.91 Å². The summed E-state index contributed by atoms with van der Waals surface area (Å²) in [6, 6.07) is 0.605. The quantitative estimate of drug-likeness (QED) is 0.498. The molecule has 1 N–H and O–H groups in total.